The van der Waals surface area contributed by atoms with Crippen molar-refractivity contribution in [2.75, 3.05) is 20.3 Å². The van der Waals surface area contributed by atoms with Crippen molar-refractivity contribution in [3.8, 4) is 11.5 Å². The Balaban J connectivity index is 1.57. The molecule has 1 heterocycles. The monoisotopic (exact) mass is 490 g/mol. The smallest absolute Gasteiger partial charge is 0.250 e. The minimum absolute atomic E-state index is 0.0377. The summed E-state index contributed by atoms with van der Waals surface area (Å²) >= 11 is 0. The Morgan fingerprint density at radius 1 is 0.917 bits per heavy atom. The summed E-state index contributed by atoms with van der Waals surface area (Å²) in [5, 5.41) is 0. The lowest BCUT2D eigenvalue weighted by Gasteiger charge is -2.47. The average Bonchev–Trinajstić information content (AvgIpc) is 3.19. The maximum Gasteiger partial charge on any atom is 0.250 e. The van der Waals surface area contributed by atoms with E-state index in [1.165, 1.54) is 24.0 Å². The number of methoxy groups -OCH3 is 1. The summed E-state index contributed by atoms with van der Waals surface area (Å²) in [6.07, 6.45) is 9.48. The van der Waals surface area contributed by atoms with Gasteiger partial charge in [-0.15, -0.1) is 0 Å². The second-order valence-corrected chi connectivity index (χ2v) is 10.3. The molecule has 2 amide bonds. The van der Waals surface area contributed by atoms with Crippen LogP contribution in [0.2, 0.25) is 0 Å². The van der Waals surface area contributed by atoms with Crippen LogP contribution in [0.15, 0.2) is 42.5 Å². The van der Waals surface area contributed by atoms with Crippen LogP contribution in [0.4, 0.5) is 0 Å². The van der Waals surface area contributed by atoms with E-state index >= 15 is 0 Å². The van der Waals surface area contributed by atoms with Gasteiger partial charge >= 0.3 is 0 Å². The van der Waals surface area contributed by atoms with E-state index in [-0.39, 0.29) is 30.4 Å². The largest absolute Gasteiger partial charge is 0.493 e. The predicted molar refractivity (Wildman–Crippen MR) is 139 cm³/mol. The molecule has 3 aliphatic rings. The van der Waals surface area contributed by atoms with E-state index in [9.17, 15) is 9.59 Å². The molecule has 2 aromatic carbocycles. The van der Waals surface area contributed by atoms with E-state index in [4.69, 9.17) is 9.47 Å². The molecular formula is C30H38N2O4. The van der Waals surface area contributed by atoms with Gasteiger partial charge in [0.2, 0.25) is 5.91 Å². The SMILES string of the molecule is CCOc1ccc([C@H]2C(=O)N(C3CCCCCC3)CC(=O)N2[C@@H]2CCCc3ccccc32)cc1OC. The molecule has 0 aromatic heterocycles. The second kappa shape index (κ2) is 10.9. The summed E-state index contributed by atoms with van der Waals surface area (Å²) in [4.78, 5) is 32.1. The maximum atomic E-state index is 14.3. The molecule has 1 saturated carbocycles. The fourth-order valence-electron chi connectivity index (χ4n) is 6.41. The lowest BCUT2D eigenvalue weighted by atomic mass is 9.84. The molecule has 36 heavy (non-hydrogen) atoms. The highest BCUT2D eigenvalue weighted by molar-refractivity contribution is 5.96. The molecule has 0 radical (unpaired) electrons. The van der Waals surface area contributed by atoms with Crippen molar-refractivity contribution in [1.29, 1.82) is 0 Å². The minimum Gasteiger partial charge on any atom is -0.493 e. The zero-order valence-corrected chi connectivity index (χ0v) is 21.6. The van der Waals surface area contributed by atoms with Crippen molar-refractivity contribution in [3.63, 3.8) is 0 Å². The van der Waals surface area contributed by atoms with Crippen molar-refractivity contribution in [2.24, 2.45) is 0 Å². The Bertz CT molecular complexity index is 1090. The number of nitrogens with zero attached hydrogens (tertiary/aromatic N) is 2. The normalized spacial score (nSPS) is 23.3. The van der Waals surface area contributed by atoms with E-state index in [1.54, 1.807) is 7.11 Å². The van der Waals surface area contributed by atoms with Crippen molar-refractivity contribution < 1.29 is 19.1 Å². The number of piperazine rings is 1. The van der Waals surface area contributed by atoms with E-state index in [0.29, 0.717) is 18.1 Å². The van der Waals surface area contributed by atoms with Gasteiger partial charge in [0.15, 0.2) is 11.5 Å². The number of carbonyl (C=O) groups excluding carboxylic acids is 2. The third-order valence-corrected chi connectivity index (χ3v) is 8.13. The number of carbonyl (C=O) groups is 2. The van der Waals surface area contributed by atoms with Crippen LogP contribution in [-0.2, 0) is 16.0 Å². The van der Waals surface area contributed by atoms with Crippen LogP contribution in [-0.4, -0.2) is 47.9 Å². The fourth-order valence-corrected chi connectivity index (χ4v) is 6.41. The molecule has 2 aromatic rings. The lowest BCUT2D eigenvalue weighted by Crippen LogP contribution is -2.59. The zero-order chi connectivity index (χ0) is 25.1. The van der Waals surface area contributed by atoms with Gasteiger partial charge < -0.3 is 19.3 Å². The molecule has 192 valence electrons. The third-order valence-electron chi connectivity index (χ3n) is 8.13. The van der Waals surface area contributed by atoms with Crippen LogP contribution in [0, 0.1) is 0 Å². The van der Waals surface area contributed by atoms with Crippen LogP contribution in [0.3, 0.4) is 0 Å². The first kappa shape index (κ1) is 24.7. The fraction of sp³-hybridized carbons (Fsp3) is 0.533. The van der Waals surface area contributed by atoms with Gasteiger partial charge in [-0.25, -0.2) is 0 Å². The highest BCUT2D eigenvalue weighted by atomic mass is 16.5. The Hall–Kier alpha value is -3.02. The third kappa shape index (κ3) is 4.70. The number of hydrogen-bond donors (Lipinski definition) is 0. The molecule has 2 atom stereocenters. The molecular weight excluding hydrogens is 452 g/mol. The Kier molecular flexibility index (Phi) is 7.49. The van der Waals surface area contributed by atoms with E-state index in [1.807, 2.05) is 41.0 Å². The quantitative estimate of drug-likeness (QED) is 0.494. The van der Waals surface area contributed by atoms with E-state index < -0.39 is 6.04 Å². The maximum absolute atomic E-state index is 14.3. The molecule has 6 heteroatoms. The van der Waals surface area contributed by atoms with Gasteiger partial charge in [0.1, 0.15) is 12.6 Å². The van der Waals surface area contributed by atoms with Crippen molar-refractivity contribution in [2.45, 2.75) is 82.8 Å². The average molecular weight is 491 g/mol. The molecule has 5 rings (SSSR count). The van der Waals surface area contributed by atoms with Crippen LogP contribution in [0.25, 0.3) is 0 Å². The molecule has 0 spiro atoms. The van der Waals surface area contributed by atoms with Crippen LogP contribution >= 0.6 is 0 Å². The number of aryl methyl sites for hydroxylation is 1. The molecule has 6 nitrogen and oxygen atoms in total. The van der Waals surface area contributed by atoms with E-state index in [2.05, 4.69) is 18.2 Å². The van der Waals surface area contributed by atoms with Gasteiger partial charge in [-0.3, -0.25) is 9.59 Å². The number of fused-ring (bicyclic) bond motifs is 1. The predicted octanol–water partition coefficient (Wildman–Crippen LogP) is 5.61. The Labute approximate surface area is 214 Å². The molecule has 2 aliphatic carbocycles. The summed E-state index contributed by atoms with van der Waals surface area (Å²) < 4.78 is 11.4. The lowest BCUT2D eigenvalue weighted by molar-refractivity contribution is -0.162. The van der Waals surface area contributed by atoms with Crippen LogP contribution in [0.1, 0.15) is 87.1 Å². The molecule has 0 unspecified atom stereocenters. The second-order valence-electron chi connectivity index (χ2n) is 10.3. The van der Waals surface area contributed by atoms with Crippen molar-refractivity contribution >= 4 is 11.8 Å². The highest BCUT2D eigenvalue weighted by Gasteiger charge is 2.46. The molecule has 1 saturated heterocycles. The van der Waals surface area contributed by atoms with Gasteiger partial charge in [0.05, 0.1) is 19.8 Å². The highest BCUT2D eigenvalue weighted by Crippen LogP contribution is 2.43. The molecule has 2 fully saturated rings. The standard InChI is InChI=1S/C30H38N2O4/c1-3-36-26-18-17-22(19-27(26)35-2)29-30(34)31(23-13-6-4-5-7-14-23)20-28(33)32(29)25-16-10-12-21-11-8-9-15-24(21)25/h8-9,11,15,17-19,23,25,29H,3-7,10,12-14,16,20H2,1-2H3/t25-,29+/m1/s1. The summed E-state index contributed by atoms with van der Waals surface area (Å²) in [5.41, 5.74) is 3.24. The summed E-state index contributed by atoms with van der Waals surface area (Å²) in [6, 6.07) is 13.4. The number of hydrogen-bond acceptors (Lipinski definition) is 4. The van der Waals surface area contributed by atoms with Gasteiger partial charge in [0, 0.05) is 6.04 Å². The number of ether oxygens (including phenoxy) is 2. The first-order valence-corrected chi connectivity index (χ1v) is 13.6. The number of rotatable bonds is 6. The molecule has 1 aliphatic heterocycles. The first-order chi connectivity index (χ1) is 17.6. The topological polar surface area (TPSA) is 59.1 Å². The number of benzene rings is 2. The van der Waals surface area contributed by atoms with Gasteiger partial charge in [0.25, 0.3) is 5.91 Å². The molecule has 0 bridgehead atoms. The minimum atomic E-state index is -0.671. The van der Waals surface area contributed by atoms with Crippen molar-refractivity contribution in [1.82, 2.24) is 9.80 Å². The zero-order valence-electron chi connectivity index (χ0n) is 21.6. The van der Waals surface area contributed by atoms with Crippen LogP contribution in [0.5, 0.6) is 11.5 Å². The molecule has 0 N–H and O–H groups in total. The van der Waals surface area contributed by atoms with Gasteiger partial charge in [-0.1, -0.05) is 56.0 Å². The summed E-state index contributed by atoms with van der Waals surface area (Å²) in [5.74, 6) is 1.31. The number of amides is 2. The van der Waals surface area contributed by atoms with Crippen LogP contribution < -0.4 is 9.47 Å². The summed E-state index contributed by atoms with van der Waals surface area (Å²) in [6.45, 7) is 2.63. The summed E-state index contributed by atoms with van der Waals surface area (Å²) in [7, 11) is 1.61. The van der Waals surface area contributed by atoms with Gasteiger partial charge in [-0.05, 0) is 67.9 Å². The Morgan fingerprint density at radius 3 is 2.44 bits per heavy atom. The first-order valence-electron chi connectivity index (χ1n) is 13.6. The van der Waals surface area contributed by atoms with Crippen molar-refractivity contribution in [3.05, 3.63) is 59.2 Å². The Morgan fingerprint density at radius 2 is 1.69 bits per heavy atom. The van der Waals surface area contributed by atoms with Gasteiger partial charge in [-0.2, -0.15) is 0 Å². The van der Waals surface area contributed by atoms with E-state index in [0.717, 1.165) is 50.5 Å².